The van der Waals surface area contributed by atoms with Gasteiger partial charge in [0.15, 0.2) is 0 Å². The van der Waals surface area contributed by atoms with Crippen molar-refractivity contribution in [1.29, 1.82) is 0 Å². The van der Waals surface area contributed by atoms with Crippen molar-refractivity contribution in [1.82, 2.24) is 0 Å². The van der Waals surface area contributed by atoms with E-state index in [0.717, 1.165) is 11.1 Å². The molecule has 1 aromatic carbocycles. The molecule has 0 radical (unpaired) electrons. The highest BCUT2D eigenvalue weighted by molar-refractivity contribution is 5.34. The van der Waals surface area contributed by atoms with Gasteiger partial charge in [0.2, 0.25) is 0 Å². The SMILES string of the molecule is OCCOCc1cc(CO)cc(OCCO)c1. The molecule has 5 nitrogen and oxygen atoms in total. The van der Waals surface area contributed by atoms with Gasteiger partial charge in [0.05, 0.1) is 33.0 Å². The molecular weight excluding hydrogens is 224 g/mol. The zero-order valence-corrected chi connectivity index (χ0v) is 9.63. The molecule has 17 heavy (non-hydrogen) atoms. The van der Waals surface area contributed by atoms with Crippen molar-refractivity contribution in [3.05, 3.63) is 29.3 Å². The van der Waals surface area contributed by atoms with Crippen molar-refractivity contribution in [2.75, 3.05) is 26.4 Å². The Bertz CT molecular complexity index is 327. The second kappa shape index (κ2) is 8.03. The summed E-state index contributed by atoms with van der Waals surface area (Å²) in [5.41, 5.74) is 1.58. The Hall–Kier alpha value is -1.14. The topological polar surface area (TPSA) is 79.2 Å². The van der Waals surface area contributed by atoms with Crippen LogP contribution in [0.1, 0.15) is 11.1 Å². The lowest BCUT2D eigenvalue weighted by Gasteiger charge is -2.10. The van der Waals surface area contributed by atoms with Gasteiger partial charge in [-0.2, -0.15) is 0 Å². The molecule has 0 aromatic heterocycles. The first-order valence-corrected chi connectivity index (χ1v) is 5.46. The summed E-state index contributed by atoms with van der Waals surface area (Å²) in [5.74, 6) is 0.591. The van der Waals surface area contributed by atoms with Crippen LogP contribution >= 0.6 is 0 Å². The zero-order valence-electron chi connectivity index (χ0n) is 9.63. The predicted molar refractivity (Wildman–Crippen MR) is 61.7 cm³/mol. The molecule has 0 heterocycles. The number of benzene rings is 1. The molecule has 3 N–H and O–H groups in total. The summed E-state index contributed by atoms with van der Waals surface area (Å²) in [5, 5.41) is 26.4. The van der Waals surface area contributed by atoms with E-state index in [2.05, 4.69) is 0 Å². The third kappa shape index (κ3) is 5.14. The summed E-state index contributed by atoms with van der Waals surface area (Å²) in [4.78, 5) is 0. The molecule has 96 valence electrons. The van der Waals surface area contributed by atoms with Crippen molar-refractivity contribution in [2.24, 2.45) is 0 Å². The summed E-state index contributed by atoms with van der Waals surface area (Å²) in [7, 11) is 0. The summed E-state index contributed by atoms with van der Waals surface area (Å²) in [6.45, 7) is 0.683. The normalized spacial score (nSPS) is 10.5. The highest BCUT2D eigenvalue weighted by Gasteiger charge is 2.02. The van der Waals surface area contributed by atoms with E-state index in [4.69, 9.17) is 24.8 Å². The van der Waals surface area contributed by atoms with Crippen LogP contribution in [0.25, 0.3) is 0 Å². The molecule has 0 unspecified atom stereocenters. The van der Waals surface area contributed by atoms with Gasteiger partial charge in [0.1, 0.15) is 12.4 Å². The Morgan fingerprint density at radius 3 is 2.24 bits per heavy atom. The van der Waals surface area contributed by atoms with E-state index >= 15 is 0 Å². The summed E-state index contributed by atoms with van der Waals surface area (Å²) >= 11 is 0. The molecule has 0 spiro atoms. The van der Waals surface area contributed by atoms with E-state index in [-0.39, 0.29) is 33.0 Å². The van der Waals surface area contributed by atoms with Gasteiger partial charge in [-0.1, -0.05) is 6.07 Å². The van der Waals surface area contributed by atoms with Gasteiger partial charge in [0, 0.05) is 0 Å². The van der Waals surface area contributed by atoms with Crippen LogP contribution in [0.5, 0.6) is 5.75 Å². The molecule has 0 aliphatic heterocycles. The molecule has 0 bridgehead atoms. The Balaban J connectivity index is 2.67. The van der Waals surface area contributed by atoms with Crippen molar-refractivity contribution in [3.63, 3.8) is 0 Å². The maximum absolute atomic E-state index is 9.10. The van der Waals surface area contributed by atoms with Gasteiger partial charge in [-0.3, -0.25) is 0 Å². The monoisotopic (exact) mass is 242 g/mol. The highest BCUT2D eigenvalue weighted by Crippen LogP contribution is 2.18. The van der Waals surface area contributed by atoms with Crippen molar-refractivity contribution in [2.45, 2.75) is 13.2 Å². The summed E-state index contributed by atoms with van der Waals surface area (Å²) < 4.78 is 10.5. The molecule has 1 rings (SSSR count). The standard InChI is InChI=1S/C12H18O5/c13-1-3-16-9-11-5-10(8-15)6-12(7-11)17-4-2-14/h5-7,13-15H,1-4,8-9H2. The van der Waals surface area contributed by atoms with Crippen LogP contribution in [0, 0.1) is 0 Å². The Kier molecular flexibility index (Phi) is 6.57. The molecule has 0 saturated carbocycles. The lowest BCUT2D eigenvalue weighted by molar-refractivity contribution is 0.0813. The maximum atomic E-state index is 9.10. The number of hydrogen-bond acceptors (Lipinski definition) is 5. The minimum absolute atomic E-state index is 0.0203. The van der Waals surface area contributed by atoms with E-state index in [0.29, 0.717) is 12.4 Å². The van der Waals surface area contributed by atoms with Crippen LogP contribution in [0.2, 0.25) is 0 Å². The van der Waals surface area contributed by atoms with Gasteiger partial charge >= 0.3 is 0 Å². The van der Waals surface area contributed by atoms with E-state index < -0.39 is 0 Å². The highest BCUT2D eigenvalue weighted by atomic mass is 16.5. The van der Waals surface area contributed by atoms with Crippen LogP contribution in [0.15, 0.2) is 18.2 Å². The predicted octanol–water partition coefficient (Wildman–Crippen LogP) is 0.0589. The smallest absolute Gasteiger partial charge is 0.120 e. The van der Waals surface area contributed by atoms with E-state index in [1.807, 2.05) is 6.07 Å². The average molecular weight is 242 g/mol. The number of hydrogen-bond donors (Lipinski definition) is 3. The Morgan fingerprint density at radius 2 is 1.59 bits per heavy atom. The quantitative estimate of drug-likeness (QED) is 0.562. The van der Waals surface area contributed by atoms with Gasteiger partial charge < -0.3 is 24.8 Å². The van der Waals surface area contributed by atoms with Crippen LogP contribution in [-0.2, 0) is 18.0 Å². The van der Waals surface area contributed by atoms with Crippen LogP contribution in [-0.4, -0.2) is 41.7 Å². The zero-order chi connectivity index (χ0) is 12.5. The molecule has 0 fully saturated rings. The lowest BCUT2D eigenvalue weighted by Crippen LogP contribution is -2.04. The first-order valence-electron chi connectivity index (χ1n) is 5.46. The summed E-state index contributed by atoms with van der Waals surface area (Å²) in [6, 6.07) is 5.31. The lowest BCUT2D eigenvalue weighted by atomic mass is 10.1. The molecule has 0 atom stereocenters. The van der Waals surface area contributed by atoms with Gasteiger partial charge in [-0.25, -0.2) is 0 Å². The maximum Gasteiger partial charge on any atom is 0.120 e. The molecule has 0 aliphatic carbocycles. The third-order valence-corrected chi connectivity index (χ3v) is 2.07. The molecule has 1 aromatic rings. The number of aliphatic hydroxyl groups excluding tert-OH is 3. The number of ether oxygens (including phenoxy) is 2. The van der Waals surface area contributed by atoms with Crippen molar-refractivity contribution >= 4 is 0 Å². The van der Waals surface area contributed by atoms with Crippen molar-refractivity contribution < 1.29 is 24.8 Å². The summed E-state index contributed by atoms with van der Waals surface area (Å²) in [6.07, 6.45) is 0. The third-order valence-electron chi connectivity index (χ3n) is 2.07. The van der Waals surface area contributed by atoms with E-state index in [1.165, 1.54) is 0 Å². The van der Waals surface area contributed by atoms with Gasteiger partial charge in [-0.15, -0.1) is 0 Å². The fourth-order valence-corrected chi connectivity index (χ4v) is 1.40. The molecular formula is C12H18O5. The fraction of sp³-hybridized carbons (Fsp3) is 0.500. The minimum atomic E-state index is -0.0800. The van der Waals surface area contributed by atoms with Crippen LogP contribution in [0.3, 0.4) is 0 Å². The minimum Gasteiger partial charge on any atom is -0.491 e. The number of aliphatic hydroxyl groups is 3. The molecule has 0 saturated heterocycles. The second-order valence-corrected chi connectivity index (χ2v) is 3.49. The Labute approximate surface area is 100 Å². The Morgan fingerprint density at radius 1 is 0.882 bits per heavy atom. The van der Waals surface area contributed by atoms with Crippen LogP contribution < -0.4 is 4.74 Å². The second-order valence-electron chi connectivity index (χ2n) is 3.49. The largest absolute Gasteiger partial charge is 0.491 e. The molecule has 0 aliphatic rings. The number of rotatable bonds is 8. The van der Waals surface area contributed by atoms with E-state index in [1.54, 1.807) is 12.1 Å². The van der Waals surface area contributed by atoms with Gasteiger partial charge in [0.25, 0.3) is 0 Å². The van der Waals surface area contributed by atoms with Crippen LogP contribution in [0.4, 0.5) is 0 Å². The first-order chi connectivity index (χ1) is 8.30. The van der Waals surface area contributed by atoms with Gasteiger partial charge in [-0.05, 0) is 23.3 Å². The molecule has 5 heteroatoms. The fourth-order valence-electron chi connectivity index (χ4n) is 1.40. The van der Waals surface area contributed by atoms with E-state index in [9.17, 15) is 0 Å². The molecule has 0 amide bonds. The van der Waals surface area contributed by atoms with Crippen molar-refractivity contribution in [3.8, 4) is 5.75 Å². The first kappa shape index (κ1) is 13.9. The average Bonchev–Trinajstić information content (AvgIpc) is 2.36.